The molecule has 0 bridgehead atoms. The maximum absolute atomic E-state index is 8.91. The van der Waals surface area contributed by atoms with Crippen molar-refractivity contribution in [3.8, 4) is 0 Å². The molecule has 0 aliphatic heterocycles. The van der Waals surface area contributed by atoms with Crippen molar-refractivity contribution in [3.05, 3.63) is 47.8 Å². The van der Waals surface area contributed by atoms with Gasteiger partial charge in [-0.3, -0.25) is 0 Å². The molecule has 2 rings (SSSR count). The predicted octanol–water partition coefficient (Wildman–Crippen LogP) is 0.866. The van der Waals surface area contributed by atoms with Gasteiger partial charge in [0.05, 0.1) is 11.9 Å². The number of nitrogens with zero attached hydrogens (tertiary/aromatic N) is 3. The van der Waals surface area contributed by atoms with Gasteiger partial charge < -0.3 is 10.7 Å². The zero-order valence-electron chi connectivity index (χ0n) is 8.87. The number of hydrogen-bond acceptors (Lipinski definition) is 3. The fourth-order valence-corrected chi connectivity index (χ4v) is 1.52. The molecule has 1 aromatic carbocycles. The highest BCUT2D eigenvalue weighted by Crippen LogP contribution is 2.05. The van der Waals surface area contributed by atoms with E-state index in [0.29, 0.717) is 0 Å². The van der Waals surface area contributed by atoms with Crippen molar-refractivity contribution in [2.45, 2.75) is 19.3 Å². The fourth-order valence-electron chi connectivity index (χ4n) is 1.52. The van der Waals surface area contributed by atoms with Crippen molar-refractivity contribution >= 4 is 0 Å². The highest BCUT2D eigenvalue weighted by molar-refractivity contribution is 5.14. The molecular formula is C11H15N3O2. The topological polar surface area (TPSA) is 82.4 Å². The Labute approximate surface area is 93.6 Å². The number of hydrogen-bond donors (Lipinski definition) is 1. The van der Waals surface area contributed by atoms with E-state index in [4.69, 9.17) is 5.21 Å². The lowest BCUT2D eigenvalue weighted by Crippen LogP contribution is -1.90. The molecule has 2 aromatic rings. The second kappa shape index (κ2) is 5.87. The molecule has 16 heavy (non-hydrogen) atoms. The maximum Gasteiger partial charge on any atom is 0.0900 e. The molecule has 0 saturated carbocycles. The van der Waals surface area contributed by atoms with Crippen molar-refractivity contribution in [1.29, 1.82) is 0 Å². The van der Waals surface area contributed by atoms with Crippen molar-refractivity contribution in [2.24, 2.45) is 0 Å². The fraction of sp³-hybridized carbons (Fsp3) is 0.273. The minimum Gasteiger partial charge on any atom is -0.412 e. The molecule has 86 valence electrons. The summed E-state index contributed by atoms with van der Waals surface area (Å²) < 4.78 is 0. The monoisotopic (exact) mass is 221 g/mol. The molecule has 0 fully saturated rings. The zero-order valence-corrected chi connectivity index (χ0v) is 8.87. The van der Waals surface area contributed by atoms with Gasteiger partial charge >= 0.3 is 0 Å². The summed E-state index contributed by atoms with van der Waals surface area (Å²) in [6, 6.07) is 10.3. The molecule has 0 spiro atoms. The van der Waals surface area contributed by atoms with E-state index >= 15 is 0 Å². The van der Waals surface area contributed by atoms with Gasteiger partial charge in [-0.15, -0.1) is 5.10 Å². The SMILES string of the molecule is O.On1cc(CCCc2ccccc2)nn1. The third-order valence-electron chi connectivity index (χ3n) is 2.27. The largest absolute Gasteiger partial charge is 0.412 e. The molecule has 0 amide bonds. The van der Waals surface area contributed by atoms with E-state index in [-0.39, 0.29) is 5.48 Å². The smallest absolute Gasteiger partial charge is 0.0900 e. The summed E-state index contributed by atoms with van der Waals surface area (Å²) in [7, 11) is 0. The van der Waals surface area contributed by atoms with Crippen LogP contribution >= 0.6 is 0 Å². The summed E-state index contributed by atoms with van der Waals surface area (Å²) in [6.07, 6.45) is 4.42. The number of benzene rings is 1. The van der Waals surface area contributed by atoms with Crippen molar-refractivity contribution in [2.75, 3.05) is 0 Å². The van der Waals surface area contributed by atoms with Gasteiger partial charge in [-0.25, -0.2) is 0 Å². The van der Waals surface area contributed by atoms with E-state index < -0.39 is 0 Å². The Bertz CT molecular complexity index is 414. The maximum atomic E-state index is 8.91. The molecular weight excluding hydrogens is 206 g/mol. The van der Waals surface area contributed by atoms with Gasteiger partial charge in [0.2, 0.25) is 0 Å². The Morgan fingerprint density at radius 3 is 2.50 bits per heavy atom. The lowest BCUT2D eigenvalue weighted by Gasteiger charge is -1.98. The first-order chi connectivity index (χ1) is 7.34. The van der Waals surface area contributed by atoms with Gasteiger partial charge in [0, 0.05) is 0 Å². The van der Waals surface area contributed by atoms with Gasteiger partial charge in [-0.2, -0.15) is 0 Å². The molecule has 0 saturated heterocycles. The molecule has 1 heterocycles. The minimum absolute atomic E-state index is 0. The van der Waals surface area contributed by atoms with Crippen molar-refractivity contribution in [3.63, 3.8) is 0 Å². The van der Waals surface area contributed by atoms with Crippen molar-refractivity contribution in [1.82, 2.24) is 15.2 Å². The molecule has 5 nitrogen and oxygen atoms in total. The summed E-state index contributed by atoms with van der Waals surface area (Å²) in [5.41, 5.74) is 2.15. The van der Waals surface area contributed by atoms with Crippen LogP contribution in [0.1, 0.15) is 17.7 Å². The van der Waals surface area contributed by atoms with Crippen LogP contribution in [0.15, 0.2) is 36.5 Å². The first-order valence-electron chi connectivity index (χ1n) is 4.99. The molecule has 0 radical (unpaired) electrons. The van der Waals surface area contributed by atoms with E-state index in [0.717, 1.165) is 29.8 Å². The van der Waals surface area contributed by atoms with Crippen LogP contribution in [0.25, 0.3) is 0 Å². The second-order valence-corrected chi connectivity index (χ2v) is 3.47. The van der Waals surface area contributed by atoms with Gasteiger partial charge in [-0.1, -0.05) is 35.2 Å². The van der Waals surface area contributed by atoms with Crippen LogP contribution in [0.2, 0.25) is 0 Å². The van der Waals surface area contributed by atoms with E-state index in [1.165, 1.54) is 11.8 Å². The van der Waals surface area contributed by atoms with Gasteiger partial charge in [0.15, 0.2) is 0 Å². The summed E-state index contributed by atoms with van der Waals surface area (Å²) in [4.78, 5) is 0.748. The van der Waals surface area contributed by atoms with Crippen LogP contribution in [0.3, 0.4) is 0 Å². The molecule has 0 aliphatic carbocycles. The van der Waals surface area contributed by atoms with Gasteiger partial charge in [0.1, 0.15) is 0 Å². The predicted molar refractivity (Wildman–Crippen MR) is 59.3 cm³/mol. The molecule has 3 N–H and O–H groups in total. The summed E-state index contributed by atoms with van der Waals surface area (Å²) in [5.74, 6) is 0. The number of aromatic nitrogens is 3. The standard InChI is InChI=1S/C11H13N3O.H2O/c15-14-9-11(12-13-14)8-4-7-10-5-2-1-3-6-10;/h1-3,5-6,9,15H,4,7-8H2;1H2. The van der Waals surface area contributed by atoms with Crippen molar-refractivity contribution < 1.29 is 10.7 Å². The highest BCUT2D eigenvalue weighted by atomic mass is 16.5. The Morgan fingerprint density at radius 1 is 1.12 bits per heavy atom. The summed E-state index contributed by atoms with van der Waals surface area (Å²) in [6.45, 7) is 0. The van der Waals surface area contributed by atoms with Crippen LogP contribution in [-0.2, 0) is 12.8 Å². The zero-order chi connectivity index (χ0) is 10.5. The first kappa shape index (κ1) is 12.2. The van der Waals surface area contributed by atoms with Gasteiger partial charge in [-0.05, 0) is 30.0 Å². The van der Waals surface area contributed by atoms with E-state index in [1.54, 1.807) is 0 Å². The second-order valence-electron chi connectivity index (χ2n) is 3.47. The molecule has 5 heteroatoms. The Balaban J connectivity index is 0.00000128. The highest BCUT2D eigenvalue weighted by Gasteiger charge is 1.99. The quantitative estimate of drug-likeness (QED) is 0.777. The lowest BCUT2D eigenvalue weighted by atomic mass is 10.1. The number of aryl methyl sites for hydroxylation is 2. The molecule has 1 aromatic heterocycles. The minimum atomic E-state index is 0. The third kappa shape index (κ3) is 3.36. The van der Waals surface area contributed by atoms with Crippen LogP contribution in [0.5, 0.6) is 0 Å². The van der Waals surface area contributed by atoms with E-state index in [1.807, 2.05) is 18.2 Å². The number of rotatable bonds is 4. The van der Waals surface area contributed by atoms with Gasteiger partial charge in [0.25, 0.3) is 0 Å². The summed E-state index contributed by atoms with van der Waals surface area (Å²) >= 11 is 0. The lowest BCUT2D eigenvalue weighted by molar-refractivity contribution is 0.143. The van der Waals surface area contributed by atoms with Crippen LogP contribution in [0.4, 0.5) is 0 Å². The Hall–Kier alpha value is -1.88. The summed E-state index contributed by atoms with van der Waals surface area (Å²) in [5, 5.41) is 16.2. The van der Waals surface area contributed by atoms with E-state index in [9.17, 15) is 0 Å². The average Bonchev–Trinajstić information content (AvgIpc) is 2.66. The molecule has 0 atom stereocenters. The Kier molecular flexibility index (Phi) is 4.47. The van der Waals surface area contributed by atoms with E-state index in [2.05, 4.69) is 22.4 Å². The first-order valence-corrected chi connectivity index (χ1v) is 4.99. The third-order valence-corrected chi connectivity index (χ3v) is 2.27. The van der Waals surface area contributed by atoms with Crippen LogP contribution < -0.4 is 0 Å². The molecule has 0 unspecified atom stereocenters. The average molecular weight is 221 g/mol. The Morgan fingerprint density at radius 2 is 1.88 bits per heavy atom. The molecule has 0 aliphatic rings. The normalized spacial score (nSPS) is 9.75. The van der Waals surface area contributed by atoms with Crippen LogP contribution in [-0.4, -0.2) is 25.8 Å². The van der Waals surface area contributed by atoms with Crippen LogP contribution in [0, 0.1) is 0 Å².